The Morgan fingerprint density at radius 3 is 2.89 bits per heavy atom. The first-order valence-electron chi connectivity index (χ1n) is 6.91. The maximum Gasteiger partial charge on any atom is 0.232 e. The van der Waals surface area contributed by atoms with E-state index in [2.05, 4.69) is 29.1 Å². The van der Waals surface area contributed by atoms with Crippen LogP contribution in [0.5, 0.6) is 5.88 Å². The minimum atomic E-state index is 0.454. The van der Waals surface area contributed by atoms with Crippen molar-refractivity contribution in [3.05, 3.63) is 18.1 Å². The lowest BCUT2D eigenvalue weighted by Crippen LogP contribution is -2.22. The van der Waals surface area contributed by atoms with Crippen molar-refractivity contribution in [1.29, 1.82) is 0 Å². The van der Waals surface area contributed by atoms with E-state index in [4.69, 9.17) is 4.74 Å². The SMILES string of the molecule is CC(C)NCc1cncc(OCCC2CCC2)n1. The van der Waals surface area contributed by atoms with E-state index in [1.165, 1.54) is 19.3 Å². The molecular weight excluding hydrogens is 226 g/mol. The summed E-state index contributed by atoms with van der Waals surface area (Å²) in [5, 5.41) is 3.32. The molecule has 1 aromatic heterocycles. The Bertz CT molecular complexity index is 364. The summed E-state index contributed by atoms with van der Waals surface area (Å²) in [6.45, 7) is 5.74. The lowest BCUT2D eigenvalue weighted by atomic mass is 9.83. The molecule has 1 aliphatic rings. The first-order chi connectivity index (χ1) is 8.74. The molecule has 0 radical (unpaired) electrons. The van der Waals surface area contributed by atoms with Crippen molar-refractivity contribution in [2.45, 2.75) is 52.1 Å². The van der Waals surface area contributed by atoms with Gasteiger partial charge < -0.3 is 10.1 Å². The summed E-state index contributed by atoms with van der Waals surface area (Å²) >= 11 is 0. The smallest absolute Gasteiger partial charge is 0.232 e. The van der Waals surface area contributed by atoms with Gasteiger partial charge >= 0.3 is 0 Å². The fraction of sp³-hybridized carbons (Fsp3) is 0.714. The van der Waals surface area contributed by atoms with Crippen LogP contribution in [-0.2, 0) is 6.54 Å². The van der Waals surface area contributed by atoms with Crippen LogP contribution in [0.2, 0.25) is 0 Å². The number of ether oxygens (including phenoxy) is 1. The van der Waals surface area contributed by atoms with Gasteiger partial charge in [-0.25, -0.2) is 4.98 Å². The first kappa shape index (κ1) is 13.3. The Kier molecular flexibility index (Phi) is 4.93. The van der Waals surface area contributed by atoms with E-state index >= 15 is 0 Å². The average Bonchev–Trinajstić information content (AvgIpc) is 2.30. The Hall–Kier alpha value is -1.16. The van der Waals surface area contributed by atoms with Crippen molar-refractivity contribution in [3.63, 3.8) is 0 Å². The van der Waals surface area contributed by atoms with E-state index < -0.39 is 0 Å². The molecule has 2 rings (SSSR count). The Labute approximate surface area is 109 Å². The molecule has 0 bridgehead atoms. The number of hydrogen-bond acceptors (Lipinski definition) is 4. The van der Waals surface area contributed by atoms with E-state index in [-0.39, 0.29) is 0 Å². The zero-order chi connectivity index (χ0) is 12.8. The molecule has 1 N–H and O–H groups in total. The van der Waals surface area contributed by atoms with E-state index in [0.29, 0.717) is 11.9 Å². The van der Waals surface area contributed by atoms with Gasteiger partial charge in [0.15, 0.2) is 0 Å². The van der Waals surface area contributed by atoms with Crippen LogP contribution in [0.15, 0.2) is 12.4 Å². The number of nitrogens with one attached hydrogen (secondary N) is 1. The molecule has 0 aliphatic heterocycles. The van der Waals surface area contributed by atoms with Gasteiger partial charge in [0.1, 0.15) is 0 Å². The highest BCUT2D eigenvalue weighted by Gasteiger charge is 2.16. The van der Waals surface area contributed by atoms with Crippen LogP contribution in [0.1, 0.15) is 45.2 Å². The van der Waals surface area contributed by atoms with E-state index in [1.54, 1.807) is 12.4 Å². The molecule has 1 fully saturated rings. The molecule has 100 valence electrons. The maximum atomic E-state index is 5.66. The first-order valence-corrected chi connectivity index (χ1v) is 6.91. The van der Waals surface area contributed by atoms with Crippen molar-refractivity contribution in [3.8, 4) is 5.88 Å². The summed E-state index contributed by atoms with van der Waals surface area (Å²) in [7, 11) is 0. The van der Waals surface area contributed by atoms with Crippen LogP contribution in [0.3, 0.4) is 0 Å². The molecule has 1 aromatic rings. The van der Waals surface area contributed by atoms with Crippen LogP contribution < -0.4 is 10.1 Å². The summed E-state index contributed by atoms with van der Waals surface area (Å²) in [6, 6.07) is 0.454. The van der Waals surface area contributed by atoms with Crippen LogP contribution in [-0.4, -0.2) is 22.6 Å². The molecule has 0 amide bonds. The topological polar surface area (TPSA) is 47.0 Å². The molecule has 4 heteroatoms. The van der Waals surface area contributed by atoms with Gasteiger partial charge in [-0.3, -0.25) is 4.98 Å². The van der Waals surface area contributed by atoms with Crippen LogP contribution in [0, 0.1) is 5.92 Å². The summed E-state index contributed by atoms with van der Waals surface area (Å²) in [6.07, 6.45) is 8.76. The highest BCUT2D eigenvalue weighted by Crippen LogP contribution is 2.29. The predicted molar refractivity (Wildman–Crippen MR) is 71.5 cm³/mol. The standard InChI is InChI=1S/C14H23N3O/c1-11(2)16-9-13-8-15-10-14(17-13)18-7-6-12-4-3-5-12/h8,10-12,16H,3-7,9H2,1-2H3. The zero-order valence-corrected chi connectivity index (χ0v) is 11.4. The monoisotopic (exact) mass is 249 g/mol. The molecule has 0 unspecified atom stereocenters. The molecule has 1 heterocycles. The lowest BCUT2D eigenvalue weighted by Gasteiger charge is -2.24. The van der Waals surface area contributed by atoms with Gasteiger partial charge in [0.25, 0.3) is 0 Å². The summed E-state index contributed by atoms with van der Waals surface area (Å²) in [5.41, 5.74) is 0.935. The highest BCUT2D eigenvalue weighted by molar-refractivity contribution is 5.08. The van der Waals surface area contributed by atoms with Gasteiger partial charge in [0, 0.05) is 18.8 Å². The minimum absolute atomic E-state index is 0.454. The lowest BCUT2D eigenvalue weighted by molar-refractivity contribution is 0.216. The average molecular weight is 249 g/mol. The summed E-state index contributed by atoms with van der Waals surface area (Å²) in [4.78, 5) is 8.61. The molecule has 1 saturated carbocycles. The zero-order valence-electron chi connectivity index (χ0n) is 11.4. The quantitative estimate of drug-likeness (QED) is 0.806. The number of nitrogens with zero attached hydrogens (tertiary/aromatic N) is 2. The molecule has 0 spiro atoms. The van der Waals surface area contributed by atoms with Gasteiger partial charge in [0.05, 0.1) is 18.5 Å². The third kappa shape index (κ3) is 4.26. The third-order valence-corrected chi connectivity index (χ3v) is 3.35. The van der Waals surface area contributed by atoms with Crippen LogP contribution in [0.25, 0.3) is 0 Å². The van der Waals surface area contributed by atoms with Crippen molar-refractivity contribution >= 4 is 0 Å². The van der Waals surface area contributed by atoms with Crippen molar-refractivity contribution in [1.82, 2.24) is 15.3 Å². The number of hydrogen-bond donors (Lipinski definition) is 1. The predicted octanol–water partition coefficient (Wildman–Crippen LogP) is 2.54. The second-order valence-electron chi connectivity index (χ2n) is 5.32. The van der Waals surface area contributed by atoms with Gasteiger partial charge in [-0.15, -0.1) is 0 Å². The Morgan fingerprint density at radius 2 is 2.22 bits per heavy atom. The second-order valence-corrected chi connectivity index (χ2v) is 5.32. The number of rotatable bonds is 7. The van der Waals surface area contributed by atoms with Gasteiger partial charge in [-0.05, 0) is 12.3 Å². The highest BCUT2D eigenvalue weighted by atomic mass is 16.5. The fourth-order valence-corrected chi connectivity index (χ4v) is 1.96. The molecule has 0 aromatic carbocycles. The molecule has 0 atom stereocenters. The molecule has 1 aliphatic carbocycles. The van der Waals surface area contributed by atoms with Gasteiger partial charge in [0.2, 0.25) is 5.88 Å². The van der Waals surface area contributed by atoms with Crippen molar-refractivity contribution < 1.29 is 4.74 Å². The third-order valence-electron chi connectivity index (χ3n) is 3.35. The maximum absolute atomic E-state index is 5.66. The van der Waals surface area contributed by atoms with E-state index in [9.17, 15) is 0 Å². The molecule has 4 nitrogen and oxygen atoms in total. The van der Waals surface area contributed by atoms with E-state index in [0.717, 1.165) is 31.2 Å². The van der Waals surface area contributed by atoms with Crippen LogP contribution in [0.4, 0.5) is 0 Å². The molecule has 0 saturated heterocycles. The van der Waals surface area contributed by atoms with Crippen molar-refractivity contribution in [2.24, 2.45) is 5.92 Å². The summed E-state index contributed by atoms with van der Waals surface area (Å²) < 4.78 is 5.66. The fourth-order valence-electron chi connectivity index (χ4n) is 1.96. The number of aromatic nitrogens is 2. The van der Waals surface area contributed by atoms with Gasteiger partial charge in [-0.2, -0.15) is 0 Å². The van der Waals surface area contributed by atoms with Crippen LogP contribution >= 0.6 is 0 Å². The van der Waals surface area contributed by atoms with E-state index in [1.807, 2.05) is 0 Å². The Balaban J connectivity index is 1.75. The molecule has 18 heavy (non-hydrogen) atoms. The van der Waals surface area contributed by atoms with Gasteiger partial charge in [-0.1, -0.05) is 33.1 Å². The normalized spacial score (nSPS) is 15.7. The second kappa shape index (κ2) is 6.69. The van der Waals surface area contributed by atoms with Crippen molar-refractivity contribution in [2.75, 3.05) is 6.61 Å². The Morgan fingerprint density at radius 1 is 1.39 bits per heavy atom. The summed E-state index contributed by atoms with van der Waals surface area (Å²) in [5.74, 6) is 1.53. The molecular formula is C14H23N3O. The minimum Gasteiger partial charge on any atom is -0.477 e. The largest absolute Gasteiger partial charge is 0.477 e.